The third-order valence-electron chi connectivity index (χ3n) is 4.63. The fourth-order valence-electron chi connectivity index (χ4n) is 3.10. The Labute approximate surface area is 178 Å². The van der Waals surface area contributed by atoms with Crippen molar-refractivity contribution in [1.29, 1.82) is 0 Å². The third kappa shape index (κ3) is 5.67. The van der Waals surface area contributed by atoms with Crippen LogP contribution in [-0.4, -0.2) is 49.2 Å². The zero-order valence-corrected chi connectivity index (χ0v) is 17.3. The minimum Gasteiger partial charge on any atom is -0.450 e. The number of furan rings is 1. The number of nitrogens with one attached hydrogen (secondary N) is 1. The van der Waals surface area contributed by atoms with Gasteiger partial charge in [0.15, 0.2) is 6.61 Å². The number of hydrogen-bond acceptors (Lipinski definition) is 8. The molecular formula is C19H21N3O8S. The van der Waals surface area contributed by atoms with E-state index in [0.29, 0.717) is 13.1 Å². The molecule has 0 bridgehead atoms. The molecule has 1 aromatic heterocycles. The van der Waals surface area contributed by atoms with Crippen LogP contribution in [0.25, 0.3) is 0 Å². The van der Waals surface area contributed by atoms with E-state index in [1.54, 1.807) is 0 Å². The standard InChI is InChI=1S/C19H21N3O8S/c23-17(13-29-19(24)16-8-9-18(30-16)22(25)26)20-14-6-5-7-15(12-14)31(27,28)21-10-3-1-2-4-11-21/h5-9,12H,1-4,10-11,13H2,(H,20,23). The Bertz CT molecular complexity index is 1070. The molecule has 1 aromatic carbocycles. The van der Waals surface area contributed by atoms with Crippen LogP contribution in [0.5, 0.6) is 0 Å². The zero-order chi connectivity index (χ0) is 22.4. The lowest BCUT2D eigenvalue weighted by Crippen LogP contribution is -2.32. The molecule has 2 aromatic rings. The van der Waals surface area contributed by atoms with Gasteiger partial charge < -0.3 is 14.5 Å². The fraction of sp³-hybridized carbons (Fsp3) is 0.368. The van der Waals surface area contributed by atoms with Crippen molar-refractivity contribution in [2.24, 2.45) is 0 Å². The number of esters is 1. The van der Waals surface area contributed by atoms with Crippen molar-refractivity contribution in [3.63, 3.8) is 0 Å². The predicted molar refractivity (Wildman–Crippen MR) is 108 cm³/mol. The van der Waals surface area contributed by atoms with Gasteiger partial charge in [-0.15, -0.1) is 0 Å². The third-order valence-corrected chi connectivity index (χ3v) is 6.52. The molecule has 1 amide bonds. The van der Waals surface area contributed by atoms with E-state index < -0.39 is 45.1 Å². The SMILES string of the molecule is O=C(COC(=O)c1ccc([N+](=O)[O-])o1)Nc1cccc(S(=O)(=O)N2CCCCCC2)c1. The van der Waals surface area contributed by atoms with Gasteiger partial charge in [0, 0.05) is 18.8 Å². The maximum atomic E-state index is 12.9. The quantitative estimate of drug-likeness (QED) is 0.383. The Hall–Kier alpha value is -3.25. The smallest absolute Gasteiger partial charge is 0.433 e. The molecule has 3 rings (SSSR count). The highest BCUT2D eigenvalue weighted by molar-refractivity contribution is 7.89. The zero-order valence-electron chi connectivity index (χ0n) is 16.5. The number of hydrogen-bond donors (Lipinski definition) is 1. The van der Waals surface area contributed by atoms with Gasteiger partial charge in [0.1, 0.15) is 4.92 Å². The second-order valence-corrected chi connectivity index (χ2v) is 8.80. The van der Waals surface area contributed by atoms with Crippen LogP contribution in [0.3, 0.4) is 0 Å². The number of carbonyl (C=O) groups excluding carboxylic acids is 2. The van der Waals surface area contributed by atoms with E-state index in [0.717, 1.165) is 37.8 Å². The molecule has 1 N–H and O–H groups in total. The molecule has 0 radical (unpaired) electrons. The van der Waals surface area contributed by atoms with Crippen LogP contribution in [-0.2, 0) is 19.6 Å². The van der Waals surface area contributed by atoms with Crippen molar-refractivity contribution in [2.45, 2.75) is 30.6 Å². The predicted octanol–water partition coefficient (Wildman–Crippen LogP) is 2.55. The molecule has 0 spiro atoms. The monoisotopic (exact) mass is 451 g/mol. The summed E-state index contributed by atoms with van der Waals surface area (Å²) in [6.45, 7) is 0.232. The Kier molecular flexibility index (Phi) is 7.02. The molecule has 12 heteroatoms. The molecule has 31 heavy (non-hydrogen) atoms. The molecule has 1 aliphatic heterocycles. The van der Waals surface area contributed by atoms with Crippen molar-refractivity contribution >= 4 is 33.5 Å². The van der Waals surface area contributed by atoms with Crippen molar-refractivity contribution < 1.29 is 32.1 Å². The van der Waals surface area contributed by atoms with Gasteiger partial charge >= 0.3 is 11.9 Å². The molecule has 0 aliphatic carbocycles. The van der Waals surface area contributed by atoms with Gasteiger partial charge in [-0.1, -0.05) is 18.9 Å². The van der Waals surface area contributed by atoms with Gasteiger partial charge in [0.05, 0.1) is 11.0 Å². The summed E-state index contributed by atoms with van der Waals surface area (Å²) < 4.78 is 36.7. The average Bonchev–Trinajstić information content (AvgIpc) is 3.08. The number of benzene rings is 1. The first kappa shape index (κ1) is 22.4. The Morgan fingerprint density at radius 2 is 1.84 bits per heavy atom. The highest BCUT2D eigenvalue weighted by Crippen LogP contribution is 2.23. The number of nitro groups is 1. The lowest BCUT2D eigenvalue weighted by molar-refractivity contribution is -0.402. The summed E-state index contributed by atoms with van der Waals surface area (Å²) in [5.74, 6) is -2.79. The van der Waals surface area contributed by atoms with Crippen molar-refractivity contribution in [2.75, 3.05) is 25.0 Å². The Morgan fingerprint density at radius 3 is 2.48 bits per heavy atom. The summed E-state index contributed by atoms with van der Waals surface area (Å²) in [7, 11) is -3.68. The first-order valence-corrected chi connectivity index (χ1v) is 11.0. The number of anilines is 1. The van der Waals surface area contributed by atoms with Crippen LogP contribution in [0.4, 0.5) is 11.6 Å². The lowest BCUT2D eigenvalue weighted by Gasteiger charge is -2.20. The molecule has 11 nitrogen and oxygen atoms in total. The van der Waals surface area contributed by atoms with Crippen LogP contribution in [0, 0.1) is 10.1 Å². The summed E-state index contributed by atoms with van der Waals surface area (Å²) in [6.07, 6.45) is 3.60. The largest absolute Gasteiger partial charge is 0.450 e. The van der Waals surface area contributed by atoms with Gasteiger partial charge in [-0.25, -0.2) is 13.2 Å². The van der Waals surface area contributed by atoms with Crippen LogP contribution < -0.4 is 5.32 Å². The molecular weight excluding hydrogens is 430 g/mol. The average molecular weight is 451 g/mol. The van der Waals surface area contributed by atoms with Gasteiger partial charge in [-0.05, 0) is 37.1 Å². The van der Waals surface area contributed by atoms with E-state index in [9.17, 15) is 28.1 Å². The van der Waals surface area contributed by atoms with Crippen molar-refractivity contribution in [3.8, 4) is 0 Å². The first-order valence-electron chi connectivity index (χ1n) is 9.59. The number of ether oxygens (including phenoxy) is 1. The molecule has 1 saturated heterocycles. The molecule has 166 valence electrons. The summed E-state index contributed by atoms with van der Waals surface area (Å²) in [4.78, 5) is 33.7. The maximum Gasteiger partial charge on any atom is 0.433 e. The highest BCUT2D eigenvalue weighted by atomic mass is 32.2. The van der Waals surface area contributed by atoms with Gasteiger partial charge in [-0.3, -0.25) is 14.9 Å². The number of amides is 1. The topological polar surface area (TPSA) is 149 Å². The normalized spacial score (nSPS) is 15.1. The van der Waals surface area contributed by atoms with Gasteiger partial charge in [0.25, 0.3) is 5.91 Å². The van der Waals surface area contributed by atoms with Crippen LogP contribution in [0.2, 0.25) is 0 Å². The maximum absolute atomic E-state index is 12.9. The fourth-order valence-corrected chi connectivity index (χ4v) is 4.66. The Morgan fingerprint density at radius 1 is 1.13 bits per heavy atom. The van der Waals surface area contributed by atoms with Crippen molar-refractivity contribution in [3.05, 3.63) is 52.3 Å². The molecule has 1 fully saturated rings. The van der Waals surface area contributed by atoms with Crippen molar-refractivity contribution in [1.82, 2.24) is 4.31 Å². The van der Waals surface area contributed by atoms with E-state index in [4.69, 9.17) is 9.15 Å². The van der Waals surface area contributed by atoms with E-state index in [2.05, 4.69) is 5.32 Å². The van der Waals surface area contributed by atoms with E-state index in [1.165, 1.54) is 28.6 Å². The second-order valence-electron chi connectivity index (χ2n) is 6.87. The lowest BCUT2D eigenvalue weighted by atomic mass is 10.2. The van der Waals surface area contributed by atoms with Crippen LogP contribution in [0.15, 0.2) is 45.7 Å². The van der Waals surface area contributed by atoms with E-state index in [-0.39, 0.29) is 10.6 Å². The van der Waals surface area contributed by atoms with E-state index in [1.807, 2.05) is 0 Å². The van der Waals surface area contributed by atoms with Crippen LogP contribution in [0.1, 0.15) is 36.2 Å². The van der Waals surface area contributed by atoms with Gasteiger partial charge in [-0.2, -0.15) is 4.31 Å². The Balaban J connectivity index is 1.60. The van der Waals surface area contributed by atoms with Crippen LogP contribution >= 0.6 is 0 Å². The molecule has 0 unspecified atom stereocenters. The molecule has 1 aliphatic rings. The molecule has 0 atom stereocenters. The second kappa shape index (κ2) is 9.71. The van der Waals surface area contributed by atoms with E-state index >= 15 is 0 Å². The molecule has 2 heterocycles. The number of nitrogens with zero attached hydrogens (tertiary/aromatic N) is 2. The number of carbonyl (C=O) groups is 2. The summed E-state index contributed by atoms with van der Waals surface area (Å²) in [5, 5.41) is 13.0. The molecule has 0 saturated carbocycles. The minimum absolute atomic E-state index is 0.0621. The van der Waals surface area contributed by atoms with Gasteiger partial charge in [0.2, 0.25) is 15.8 Å². The summed E-state index contributed by atoms with van der Waals surface area (Å²) in [5.41, 5.74) is 0.227. The number of sulfonamides is 1. The summed E-state index contributed by atoms with van der Waals surface area (Å²) >= 11 is 0. The highest BCUT2D eigenvalue weighted by Gasteiger charge is 2.25. The minimum atomic E-state index is -3.68. The number of rotatable bonds is 7. The first-order chi connectivity index (χ1) is 14.8. The summed E-state index contributed by atoms with van der Waals surface area (Å²) in [6, 6.07) is 7.88.